The molecule has 1 aliphatic carbocycles. The first kappa shape index (κ1) is 16.6. The first-order valence-corrected chi connectivity index (χ1v) is 9.09. The molecule has 2 heterocycles. The quantitative estimate of drug-likeness (QED) is 0.509. The molecule has 0 bridgehead atoms. The smallest absolute Gasteiger partial charge is 0.187 e. The van der Waals surface area contributed by atoms with Crippen molar-refractivity contribution in [1.82, 2.24) is 20.2 Å². The fourth-order valence-corrected chi connectivity index (χ4v) is 3.95. The Kier molecular flexibility index (Phi) is 3.68. The maximum absolute atomic E-state index is 10.1. The zero-order chi connectivity index (χ0) is 19.3. The molecule has 0 atom stereocenters. The van der Waals surface area contributed by atoms with Crippen LogP contribution >= 0.6 is 0 Å². The standard InChI is InChI=1S/C21H19N5O2/c1-28-16-7-6-13(10-15(16)27)18-17-19(22)23-20(24-21(17)26-25-18)14-8-11-4-2-3-5-12(11)9-14/h2-7,10,14,27H,8-9H2,1H3,(H3,22,23,24,25,26). The topological polar surface area (TPSA) is 110 Å². The van der Waals surface area contributed by atoms with Gasteiger partial charge in [-0.1, -0.05) is 24.3 Å². The largest absolute Gasteiger partial charge is 0.504 e. The number of nitrogens with one attached hydrogen (secondary N) is 1. The molecule has 7 nitrogen and oxygen atoms in total. The lowest BCUT2D eigenvalue weighted by atomic mass is 10.0. The van der Waals surface area contributed by atoms with Crippen molar-refractivity contribution in [3.63, 3.8) is 0 Å². The zero-order valence-electron chi connectivity index (χ0n) is 15.3. The summed E-state index contributed by atoms with van der Waals surface area (Å²) in [5.41, 5.74) is 10.9. The fraction of sp³-hybridized carbons (Fsp3) is 0.190. The van der Waals surface area contributed by atoms with Crippen LogP contribution in [0, 0.1) is 0 Å². The molecule has 28 heavy (non-hydrogen) atoms. The van der Waals surface area contributed by atoms with Gasteiger partial charge < -0.3 is 15.6 Å². The van der Waals surface area contributed by atoms with Crippen LogP contribution in [0.1, 0.15) is 22.9 Å². The fourth-order valence-electron chi connectivity index (χ4n) is 3.95. The highest BCUT2D eigenvalue weighted by Gasteiger charge is 2.26. The van der Waals surface area contributed by atoms with Crippen LogP contribution in [0.2, 0.25) is 0 Å². The van der Waals surface area contributed by atoms with Crippen LogP contribution in [0.25, 0.3) is 22.3 Å². The average molecular weight is 373 g/mol. The molecule has 1 aliphatic rings. The summed E-state index contributed by atoms with van der Waals surface area (Å²) in [5, 5.41) is 18.1. The summed E-state index contributed by atoms with van der Waals surface area (Å²) in [6.07, 6.45) is 1.81. The van der Waals surface area contributed by atoms with Crippen molar-refractivity contribution < 1.29 is 9.84 Å². The van der Waals surface area contributed by atoms with E-state index in [0.29, 0.717) is 28.3 Å². The second-order valence-electron chi connectivity index (χ2n) is 7.02. The van der Waals surface area contributed by atoms with Crippen molar-refractivity contribution in [1.29, 1.82) is 0 Å². The van der Waals surface area contributed by atoms with Gasteiger partial charge in [0, 0.05) is 11.5 Å². The van der Waals surface area contributed by atoms with Crippen LogP contribution in [-0.4, -0.2) is 32.4 Å². The molecule has 0 unspecified atom stereocenters. The van der Waals surface area contributed by atoms with E-state index in [0.717, 1.165) is 24.2 Å². The third kappa shape index (κ3) is 2.55. The number of benzene rings is 2. The predicted molar refractivity (Wildman–Crippen MR) is 106 cm³/mol. The van der Waals surface area contributed by atoms with Gasteiger partial charge in [-0.05, 0) is 42.2 Å². The first-order chi connectivity index (χ1) is 13.6. The van der Waals surface area contributed by atoms with Gasteiger partial charge in [0.25, 0.3) is 0 Å². The summed E-state index contributed by atoms with van der Waals surface area (Å²) in [6.45, 7) is 0. The summed E-state index contributed by atoms with van der Waals surface area (Å²) in [7, 11) is 1.51. The number of aromatic amines is 1. The van der Waals surface area contributed by atoms with Crippen molar-refractivity contribution in [2.24, 2.45) is 0 Å². The Morgan fingerprint density at radius 3 is 2.54 bits per heavy atom. The number of anilines is 1. The Balaban J connectivity index is 1.55. The number of aromatic nitrogens is 4. The third-order valence-electron chi connectivity index (χ3n) is 5.34. The van der Waals surface area contributed by atoms with Crippen LogP contribution in [0.5, 0.6) is 11.5 Å². The Morgan fingerprint density at radius 2 is 1.86 bits per heavy atom. The maximum atomic E-state index is 10.1. The number of methoxy groups -OCH3 is 1. The number of rotatable bonds is 3. The van der Waals surface area contributed by atoms with Crippen molar-refractivity contribution >= 4 is 16.9 Å². The molecule has 0 aliphatic heterocycles. The van der Waals surface area contributed by atoms with Crippen LogP contribution in [0.3, 0.4) is 0 Å². The first-order valence-electron chi connectivity index (χ1n) is 9.09. The monoisotopic (exact) mass is 373 g/mol. The van der Waals surface area contributed by atoms with Gasteiger partial charge in [-0.2, -0.15) is 5.10 Å². The molecule has 0 radical (unpaired) electrons. The third-order valence-corrected chi connectivity index (χ3v) is 5.34. The van der Waals surface area contributed by atoms with E-state index in [1.54, 1.807) is 12.1 Å². The highest BCUT2D eigenvalue weighted by atomic mass is 16.5. The molecule has 0 fully saturated rings. The summed E-state index contributed by atoms with van der Waals surface area (Å²) >= 11 is 0. The van der Waals surface area contributed by atoms with Crippen LogP contribution in [-0.2, 0) is 12.8 Å². The summed E-state index contributed by atoms with van der Waals surface area (Å²) in [5.74, 6) is 1.75. The van der Waals surface area contributed by atoms with Crippen molar-refractivity contribution in [3.8, 4) is 22.8 Å². The minimum absolute atomic E-state index is 0.0441. The zero-order valence-corrected chi connectivity index (χ0v) is 15.3. The normalized spacial score (nSPS) is 13.8. The molecule has 0 amide bonds. The van der Waals surface area contributed by atoms with Gasteiger partial charge in [0.2, 0.25) is 0 Å². The highest BCUT2D eigenvalue weighted by molar-refractivity contribution is 5.98. The number of nitrogens with zero attached hydrogens (tertiary/aromatic N) is 3. The minimum Gasteiger partial charge on any atom is -0.504 e. The lowest BCUT2D eigenvalue weighted by molar-refractivity contribution is 0.373. The van der Waals surface area contributed by atoms with Gasteiger partial charge in [-0.15, -0.1) is 0 Å². The van der Waals surface area contributed by atoms with Crippen LogP contribution < -0.4 is 10.5 Å². The number of hydrogen-bond acceptors (Lipinski definition) is 6. The number of nitrogens with two attached hydrogens (primary N) is 1. The number of ether oxygens (including phenoxy) is 1. The molecule has 2 aromatic carbocycles. The lowest BCUT2D eigenvalue weighted by Crippen LogP contribution is -2.07. The Hall–Kier alpha value is -3.61. The predicted octanol–water partition coefficient (Wildman–Crippen LogP) is 3.20. The van der Waals surface area contributed by atoms with Crippen molar-refractivity contribution in [2.45, 2.75) is 18.8 Å². The second-order valence-corrected chi connectivity index (χ2v) is 7.02. The number of fused-ring (bicyclic) bond motifs is 2. The summed E-state index contributed by atoms with van der Waals surface area (Å²) in [6, 6.07) is 13.5. The van der Waals surface area contributed by atoms with Gasteiger partial charge in [-0.25, -0.2) is 9.97 Å². The van der Waals surface area contributed by atoms with E-state index in [1.165, 1.54) is 18.2 Å². The molecule has 140 valence electrons. The van der Waals surface area contributed by atoms with E-state index in [1.807, 2.05) is 6.07 Å². The number of H-pyrrole nitrogens is 1. The molecule has 4 N–H and O–H groups in total. The summed E-state index contributed by atoms with van der Waals surface area (Å²) < 4.78 is 5.10. The molecule has 4 aromatic rings. The minimum atomic E-state index is 0.0441. The van der Waals surface area contributed by atoms with Gasteiger partial charge in [0.1, 0.15) is 11.6 Å². The van der Waals surface area contributed by atoms with Crippen LogP contribution in [0.4, 0.5) is 5.82 Å². The van der Waals surface area contributed by atoms with Gasteiger partial charge in [0.05, 0.1) is 18.2 Å². The van der Waals surface area contributed by atoms with E-state index in [2.05, 4.69) is 44.4 Å². The number of phenolic OH excluding ortho intramolecular Hbond substituents is 1. The highest BCUT2D eigenvalue weighted by Crippen LogP contribution is 2.37. The average Bonchev–Trinajstić information content (AvgIpc) is 3.32. The van der Waals surface area contributed by atoms with Crippen molar-refractivity contribution in [2.75, 3.05) is 12.8 Å². The Bertz CT molecular complexity index is 1180. The van der Waals surface area contributed by atoms with E-state index >= 15 is 0 Å². The van der Waals surface area contributed by atoms with Gasteiger partial charge in [0.15, 0.2) is 17.1 Å². The number of aromatic hydroxyl groups is 1. The van der Waals surface area contributed by atoms with Crippen LogP contribution in [0.15, 0.2) is 42.5 Å². The molecule has 0 spiro atoms. The van der Waals surface area contributed by atoms with Gasteiger partial charge in [-0.3, -0.25) is 5.10 Å². The molecule has 0 saturated carbocycles. The second kappa shape index (κ2) is 6.23. The van der Waals surface area contributed by atoms with E-state index in [-0.39, 0.29) is 11.7 Å². The van der Waals surface area contributed by atoms with E-state index in [9.17, 15) is 5.11 Å². The number of phenols is 1. The Morgan fingerprint density at radius 1 is 1.11 bits per heavy atom. The number of hydrogen-bond donors (Lipinski definition) is 3. The van der Waals surface area contributed by atoms with Crippen molar-refractivity contribution in [3.05, 3.63) is 59.4 Å². The molecule has 5 rings (SSSR count). The molecular weight excluding hydrogens is 354 g/mol. The lowest BCUT2D eigenvalue weighted by Gasteiger charge is -2.09. The van der Waals surface area contributed by atoms with E-state index in [4.69, 9.17) is 10.5 Å². The SMILES string of the molecule is COc1ccc(-c2[nH]nc3nc(C4Cc5ccccc5C4)nc(N)c23)cc1O. The number of nitrogen functional groups attached to an aromatic ring is 1. The Labute approximate surface area is 161 Å². The molecular formula is C21H19N5O2. The summed E-state index contributed by atoms with van der Waals surface area (Å²) in [4.78, 5) is 9.28. The molecule has 2 aromatic heterocycles. The maximum Gasteiger partial charge on any atom is 0.187 e. The van der Waals surface area contributed by atoms with Gasteiger partial charge >= 0.3 is 0 Å². The molecule has 7 heteroatoms. The molecule has 0 saturated heterocycles. The van der Waals surface area contributed by atoms with E-state index < -0.39 is 0 Å².